The Morgan fingerprint density at radius 2 is 1.74 bits per heavy atom. The first kappa shape index (κ1) is 13.4. The number of aromatic nitrogens is 3. The molecule has 0 radical (unpaired) electrons. The summed E-state index contributed by atoms with van der Waals surface area (Å²) in [5, 5.41) is 4.49. The van der Waals surface area contributed by atoms with E-state index in [1.54, 1.807) is 25.2 Å². The van der Waals surface area contributed by atoms with Crippen LogP contribution in [0.5, 0.6) is 11.5 Å². The predicted molar refractivity (Wildman–Crippen MR) is 73.2 cm³/mol. The van der Waals surface area contributed by atoms with Crippen LogP contribution in [0, 0.1) is 0 Å². The van der Waals surface area contributed by atoms with E-state index in [9.17, 15) is 0 Å². The van der Waals surface area contributed by atoms with Crippen molar-refractivity contribution in [2.45, 2.75) is 26.2 Å². The second kappa shape index (κ2) is 4.91. The minimum absolute atomic E-state index is 0.0677. The van der Waals surface area contributed by atoms with E-state index in [4.69, 9.17) is 9.47 Å². The third kappa shape index (κ3) is 2.70. The highest BCUT2D eigenvalue weighted by Gasteiger charge is 2.19. The molecule has 0 aliphatic carbocycles. The zero-order chi connectivity index (χ0) is 14.0. The second-order valence-corrected chi connectivity index (χ2v) is 5.30. The third-order valence-corrected chi connectivity index (χ3v) is 2.79. The molecule has 0 saturated carbocycles. The molecule has 0 aliphatic heterocycles. The maximum Gasteiger partial charge on any atom is 0.162 e. The molecule has 2 rings (SSSR count). The summed E-state index contributed by atoms with van der Waals surface area (Å²) in [5.41, 5.74) is 0.822. The van der Waals surface area contributed by atoms with Crippen LogP contribution < -0.4 is 9.47 Å². The molecule has 0 N–H and O–H groups in total. The van der Waals surface area contributed by atoms with Crippen molar-refractivity contribution in [3.8, 4) is 17.2 Å². The molecule has 0 fully saturated rings. The van der Waals surface area contributed by atoms with E-state index in [0.717, 1.165) is 11.5 Å². The number of benzene rings is 1. The molecule has 0 spiro atoms. The Morgan fingerprint density at radius 1 is 1.05 bits per heavy atom. The van der Waals surface area contributed by atoms with E-state index in [1.807, 2.05) is 18.2 Å². The minimum Gasteiger partial charge on any atom is -0.493 e. The Labute approximate surface area is 113 Å². The zero-order valence-corrected chi connectivity index (χ0v) is 12.0. The maximum absolute atomic E-state index is 5.29. The Bertz CT molecular complexity index is 570. The van der Waals surface area contributed by atoms with Crippen molar-refractivity contribution in [3.05, 3.63) is 30.4 Å². The van der Waals surface area contributed by atoms with Gasteiger partial charge in [-0.15, -0.1) is 0 Å². The van der Waals surface area contributed by atoms with Gasteiger partial charge in [0.15, 0.2) is 17.3 Å². The van der Waals surface area contributed by atoms with Gasteiger partial charge in [0, 0.05) is 11.5 Å². The molecule has 1 aromatic heterocycles. The first-order chi connectivity index (χ1) is 8.95. The van der Waals surface area contributed by atoms with E-state index in [2.05, 4.69) is 30.9 Å². The fraction of sp³-hybridized carbons (Fsp3) is 0.429. The Hall–Kier alpha value is -2.04. The summed E-state index contributed by atoms with van der Waals surface area (Å²) in [4.78, 5) is 4.34. The molecule has 19 heavy (non-hydrogen) atoms. The van der Waals surface area contributed by atoms with Crippen molar-refractivity contribution in [2.75, 3.05) is 14.2 Å². The Balaban J connectivity index is 2.39. The van der Waals surface area contributed by atoms with Crippen molar-refractivity contribution >= 4 is 0 Å². The Kier molecular flexibility index (Phi) is 3.46. The van der Waals surface area contributed by atoms with E-state index < -0.39 is 0 Å². The summed E-state index contributed by atoms with van der Waals surface area (Å²) < 4.78 is 12.2. The summed E-state index contributed by atoms with van der Waals surface area (Å²) in [7, 11) is 3.23. The van der Waals surface area contributed by atoms with Crippen LogP contribution in [0.1, 0.15) is 26.6 Å². The first-order valence-electron chi connectivity index (χ1n) is 6.10. The van der Waals surface area contributed by atoms with Crippen LogP contribution >= 0.6 is 0 Å². The average Bonchev–Trinajstić information content (AvgIpc) is 2.87. The number of nitrogens with zero attached hydrogens (tertiary/aromatic N) is 3. The molecule has 0 bridgehead atoms. The maximum atomic E-state index is 5.29. The lowest BCUT2D eigenvalue weighted by atomic mass is 9.96. The van der Waals surface area contributed by atoms with E-state index in [-0.39, 0.29) is 5.41 Å². The topological polar surface area (TPSA) is 49.2 Å². The number of hydrogen-bond donors (Lipinski definition) is 0. The van der Waals surface area contributed by atoms with Crippen LogP contribution in [0.25, 0.3) is 5.69 Å². The number of methoxy groups -OCH3 is 2. The van der Waals surface area contributed by atoms with Crippen LogP contribution in [-0.4, -0.2) is 29.0 Å². The molecule has 2 aromatic rings. The lowest BCUT2D eigenvalue weighted by Gasteiger charge is -2.12. The molecule has 0 saturated heterocycles. The summed E-state index contributed by atoms with van der Waals surface area (Å²) in [6.07, 6.45) is 1.71. The number of ether oxygens (including phenoxy) is 2. The van der Waals surface area contributed by atoms with Crippen LogP contribution in [0.4, 0.5) is 0 Å². The largest absolute Gasteiger partial charge is 0.493 e. The highest BCUT2D eigenvalue weighted by atomic mass is 16.5. The summed E-state index contributed by atoms with van der Waals surface area (Å²) in [6, 6.07) is 5.65. The molecule has 5 heteroatoms. The fourth-order valence-electron chi connectivity index (χ4n) is 1.70. The van der Waals surface area contributed by atoms with Gasteiger partial charge in [-0.3, -0.25) is 0 Å². The smallest absolute Gasteiger partial charge is 0.162 e. The van der Waals surface area contributed by atoms with Gasteiger partial charge in [-0.1, -0.05) is 20.8 Å². The van der Waals surface area contributed by atoms with E-state index >= 15 is 0 Å². The van der Waals surface area contributed by atoms with E-state index in [1.165, 1.54) is 0 Å². The van der Waals surface area contributed by atoms with Crippen molar-refractivity contribution in [1.29, 1.82) is 0 Å². The Morgan fingerprint density at radius 3 is 2.26 bits per heavy atom. The number of rotatable bonds is 3. The molecule has 0 unspecified atom stereocenters. The molecular formula is C14H19N3O2. The third-order valence-electron chi connectivity index (χ3n) is 2.79. The van der Waals surface area contributed by atoms with Crippen LogP contribution in [0.3, 0.4) is 0 Å². The van der Waals surface area contributed by atoms with Crippen molar-refractivity contribution < 1.29 is 9.47 Å². The quantitative estimate of drug-likeness (QED) is 0.852. The molecule has 102 valence electrons. The molecule has 0 aliphatic rings. The van der Waals surface area contributed by atoms with Crippen molar-refractivity contribution in [3.63, 3.8) is 0 Å². The van der Waals surface area contributed by atoms with Gasteiger partial charge in [0.1, 0.15) is 6.33 Å². The highest BCUT2D eigenvalue weighted by Crippen LogP contribution is 2.29. The van der Waals surface area contributed by atoms with Gasteiger partial charge in [0.25, 0.3) is 0 Å². The zero-order valence-electron chi connectivity index (χ0n) is 12.0. The fourth-order valence-corrected chi connectivity index (χ4v) is 1.70. The van der Waals surface area contributed by atoms with Crippen LogP contribution in [0.15, 0.2) is 24.5 Å². The van der Waals surface area contributed by atoms with Gasteiger partial charge in [-0.05, 0) is 12.1 Å². The normalized spacial score (nSPS) is 11.4. The van der Waals surface area contributed by atoms with Gasteiger partial charge < -0.3 is 9.47 Å². The first-order valence-corrected chi connectivity index (χ1v) is 6.10. The molecule has 0 atom stereocenters. The number of hydrogen-bond acceptors (Lipinski definition) is 4. The van der Waals surface area contributed by atoms with Gasteiger partial charge in [0.2, 0.25) is 0 Å². The van der Waals surface area contributed by atoms with Crippen molar-refractivity contribution in [2.24, 2.45) is 0 Å². The lowest BCUT2D eigenvalue weighted by molar-refractivity contribution is 0.354. The lowest BCUT2D eigenvalue weighted by Crippen LogP contribution is -2.14. The summed E-state index contributed by atoms with van der Waals surface area (Å²) in [5.74, 6) is 2.18. The van der Waals surface area contributed by atoms with Gasteiger partial charge in [0.05, 0.1) is 19.9 Å². The molecular weight excluding hydrogens is 242 g/mol. The average molecular weight is 261 g/mol. The monoisotopic (exact) mass is 261 g/mol. The SMILES string of the molecule is COc1ccc(-n2cnc(C(C)(C)C)n2)cc1OC. The molecule has 1 aromatic carbocycles. The summed E-state index contributed by atoms with van der Waals surface area (Å²) in [6.45, 7) is 6.25. The van der Waals surface area contributed by atoms with Gasteiger partial charge in [-0.2, -0.15) is 5.10 Å². The second-order valence-electron chi connectivity index (χ2n) is 5.30. The predicted octanol–water partition coefficient (Wildman–Crippen LogP) is 2.58. The van der Waals surface area contributed by atoms with Crippen molar-refractivity contribution in [1.82, 2.24) is 14.8 Å². The highest BCUT2D eigenvalue weighted by molar-refractivity contribution is 5.48. The van der Waals surface area contributed by atoms with Gasteiger partial charge in [-0.25, -0.2) is 9.67 Å². The van der Waals surface area contributed by atoms with Crippen LogP contribution in [-0.2, 0) is 5.41 Å². The van der Waals surface area contributed by atoms with Gasteiger partial charge >= 0.3 is 0 Å². The minimum atomic E-state index is -0.0677. The molecule has 1 heterocycles. The summed E-state index contributed by atoms with van der Waals surface area (Å²) >= 11 is 0. The standard InChI is InChI=1S/C14H19N3O2/c1-14(2,3)13-15-9-17(16-13)10-6-7-11(18-4)12(8-10)19-5/h6-9H,1-5H3. The molecule has 0 amide bonds. The molecule has 5 nitrogen and oxygen atoms in total. The van der Waals surface area contributed by atoms with E-state index in [0.29, 0.717) is 11.5 Å². The van der Waals surface area contributed by atoms with Crippen LogP contribution in [0.2, 0.25) is 0 Å².